The molecule has 2 aliphatic heterocycles. The second-order valence-electron chi connectivity index (χ2n) is 16.5. The number of thiol groups is 1. The van der Waals surface area contributed by atoms with Crippen LogP contribution in [-0.4, -0.2) is 75.0 Å². The van der Waals surface area contributed by atoms with Gasteiger partial charge in [-0.05, 0) is 126 Å². The van der Waals surface area contributed by atoms with Gasteiger partial charge in [-0.3, -0.25) is 14.3 Å². The molecular weight excluding hydrogens is 799 g/mol. The van der Waals surface area contributed by atoms with E-state index in [9.17, 15) is 9.47 Å². The molecule has 0 radical (unpaired) electrons. The summed E-state index contributed by atoms with van der Waals surface area (Å²) in [6.07, 6.45) is 12.0. The summed E-state index contributed by atoms with van der Waals surface area (Å²) in [5.41, 5.74) is 8.77. The van der Waals surface area contributed by atoms with E-state index in [1.54, 1.807) is 7.11 Å². The minimum Gasteiger partial charge on any atom is -0.493 e. The van der Waals surface area contributed by atoms with Crippen molar-refractivity contribution in [1.29, 1.82) is 5.26 Å². The standard InChI is InChI=1S/C49H53N7O3S2/c1-4-60-55-17-12-40(13-18-55)53-46-25-37(22-35-11-16-51-29-44(35)46)34-7-10-48(58-3)49(27-34)59-31-42-24-39-23-38(33-5-6-36(28-50)32(2)21-33)26-47(45(39)30-52-42)54-41-14-19-56(20-15-41)61(57)43-8-9-43/h5-7,10-11,16,21-27,29-30,40-41,43,53-54H,4,8-9,12-15,17-20,31H2,1-3H3/p+1. The Balaban J connectivity index is 0.975. The van der Waals surface area contributed by atoms with E-state index in [0.29, 0.717) is 28.4 Å². The summed E-state index contributed by atoms with van der Waals surface area (Å²) in [5.74, 6) is 2.41. The predicted molar refractivity (Wildman–Crippen MR) is 252 cm³/mol. The molecule has 1 aliphatic carbocycles. The zero-order valence-corrected chi connectivity index (χ0v) is 36.9. The number of ether oxygens (including phenoxy) is 2. The molecule has 314 valence electrons. The number of hydrogen-bond acceptors (Lipinski definition) is 10. The first-order valence-electron chi connectivity index (χ1n) is 21.6. The summed E-state index contributed by atoms with van der Waals surface area (Å²) in [7, 11) is 0.415. The van der Waals surface area contributed by atoms with Gasteiger partial charge in [0.25, 0.3) is 0 Å². The number of nitrogens with one attached hydrogen (secondary N) is 2. The Morgan fingerprint density at radius 2 is 1.46 bits per heavy atom. The van der Waals surface area contributed by atoms with E-state index < -0.39 is 11.0 Å². The first-order chi connectivity index (χ1) is 29.8. The van der Waals surface area contributed by atoms with E-state index in [-0.39, 0.29) is 12.6 Å². The van der Waals surface area contributed by atoms with Crippen LogP contribution in [0.15, 0.2) is 91.4 Å². The molecule has 4 aromatic carbocycles. The number of nitrogens with zero attached hydrogens (tertiary/aromatic N) is 5. The lowest BCUT2D eigenvalue weighted by Gasteiger charge is -2.32. The third kappa shape index (κ3) is 9.36. The molecule has 0 bridgehead atoms. The van der Waals surface area contributed by atoms with Gasteiger partial charge in [0.15, 0.2) is 11.5 Å². The van der Waals surface area contributed by atoms with Crippen LogP contribution in [0.25, 0.3) is 43.8 Å². The van der Waals surface area contributed by atoms with Crippen LogP contribution in [-0.2, 0) is 21.8 Å². The lowest BCUT2D eigenvalue weighted by Crippen LogP contribution is -2.40. The Kier molecular flexibility index (Phi) is 12.4. The minimum atomic E-state index is -1.25. The van der Waals surface area contributed by atoms with Crippen LogP contribution < -0.4 is 20.1 Å². The molecule has 2 saturated heterocycles. The molecule has 4 heterocycles. The van der Waals surface area contributed by atoms with Crippen molar-refractivity contribution in [3.63, 3.8) is 0 Å². The third-order valence-electron chi connectivity index (χ3n) is 12.3. The van der Waals surface area contributed by atoms with Gasteiger partial charge in [-0.2, -0.15) is 5.26 Å². The summed E-state index contributed by atoms with van der Waals surface area (Å²) in [4.78, 5) is 9.39. The molecule has 1 unspecified atom stereocenters. The van der Waals surface area contributed by atoms with Gasteiger partial charge in [0.05, 0.1) is 24.4 Å². The molecule has 6 aromatic rings. The number of piperidine rings is 2. The molecule has 1 atom stereocenters. The molecule has 2 aromatic heterocycles. The topological polar surface area (TPSA) is 116 Å². The van der Waals surface area contributed by atoms with Crippen molar-refractivity contribution < 1.29 is 13.7 Å². The van der Waals surface area contributed by atoms with Crippen LogP contribution in [0, 0.1) is 18.3 Å². The van der Waals surface area contributed by atoms with Crippen LogP contribution in [0.3, 0.4) is 0 Å². The second-order valence-corrected chi connectivity index (χ2v) is 19.8. The van der Waals surface area contributed by atoms with Crippen LogP contribution in [0.4, 0.5) is 11.4 Å². The predicted octanol–water partition coefficient (Wildman–Crippen LogP) is 10.1. The van der Waals surface area contributed by atoms with Crippen molar-refractivity contribution in [2.75, 3.05) is 49.7 Å². The highest BCUT2D eigenvalue weighted by Crippen LogP contribution is 2.38. The van der Waals surface area contributed by atoms with E-state index in [4.69, 9.17) is 14.5 Å². The minimum absolute atomic E-state index is 0.252. The molecule has 61 heavy (non-hydrogen) atoms. The number of benzene rings is 4. The Hall–Kier alpha value is -5.19. The van der Waals surface area contributed by atoms with E-state index >= 15 is 0 Å². The first kappa shape index (κ1) is 41.2. The van der Waals surface area contributed by atoms with E-state index in [2.05, 4.69) is 91.8 Å². The normalized spacial score (nSPS) is 17.3. The first-order valence-corrected chi connectivity index (χ1v) is 23.8. The van der Waals surface area contributed by atoms with Crippen molar-refractivity contribution >= 4 is 55.9 Å². The summed E-state index contributed by atoms with van der Waals surface area (Å²) < 4.78 is 30.0. The average Bonchev–Trinajstić information content (AvgIpc) is 4.15. The molecular formula is C49H54N7O3S2+. The molecule has 9 rings (SSSR count). The number of rotatable bonds is 14. The van der Waals surface area contributed by atoms with Crippen LogP contribution in [0.5, 0.6) is 11.5 Å². The molecule has 2 N–H and O–H groups in total. The number of pyridine rings is 2. The number of fused-ring (bicyclic) bond motifs is 2. The highest BCUT2D eigenvalue weighted by molar-refractivity contribution is 7.96. The highest BCUT2D eigenvalue weighted by Gasteiger charge is 2.40. The Labute approximate surface area is 365 Å². The summed E-state index contributed by atoms with van der Waals surface area (Å²) in [6.45, 7) is 8.30. The molecule has 3 aliphatic rings. The number of nitriles is 1. The van der Waals surface area contributed by atoms with Crippen molar-refractivity contribution in [3.05, 3.63) is 108 Å². The van der Waals surface area contributed by atoms with Gasteiger partial charge in [-0.25, -0.2) is 0 Å². The van der Waals surface area contributed by atoms with Gasteiger partial charge < -0.3 is 20.1 Å². The fraction of sp³-hybridized carbons (Fsp3) is 0.367. The van der Waals surface area contributed by atoms with Gasteiger partial charge >= 0.3 is 0 Å². The Morgan fingerprint density at radius 3 is 2.13 bits per heavy atom. The number of hydrogen-bond donors (Lipinski definition) is 2. The van der Waals surface area contributed by atoms with Crippen molar-refractivity contribution in [1.82, 2.24) is 18.6 Å². The second kappa shape index (κ2) is 18.4. The number of anilines is 2. The molecule has 0 spiro atoms. The maximum atomic E-state index is 12.9. The van der Waals surface area contributed by atoms with Gasteiger partial charge in [0.2, 0.25) is 0 Å². The maximum Gasteiger partial charge on any atom is 0.162 e. The van der Waals surface area contributed by atoms with Gasteiger partial charge in [-0.15, -0.1) is 4.31 Å². The number of methoxy groups -OCH3 is 1. The highest BCUT2D eigenvalue weighted by atomic mass is 32.2. The summed E-state index contributed by atoms with van der Waals surface area (Å²) >= 11 is 1.93. The average molecular weight is 853 g/mol. The number of aromatic nitrogens is 2. The van der Waals surface area contributed by atoms with Crippen molar-refractivity contribution in [2.24, 2.45) is 0 Å². The van der Waals surface area contributed by atoms with E-state index in [1.165, 1.54) is 0 Å². The third-order valence-corrected chi connectivity index (χ3v) is 15.4. The fourth-order valence-corrected chi connectivity index (χ4v) is 11.2. The quantitative estimate of drug-likeness (QED) is 0.0624. The zero-order chi connectivity index (χ0) is 41.9. The van der Waals surface area contributed by atoms with Gasteiger partial charge in [0.1, 0.15) is 22.8 Å². The lowest BCUT2D eigenvalue weighted by atomic mass is 9.96. The van der Waals surface area contributed by atoms with Crippen LogP contribution >= 0.6 is 11.9 Å². The van der Waals surface area contributed by atoms with Crippen molar-refractivity contribution in [2.45, 2.75) is 76.3 Å². The van der Waals surface area contributed by atoms with Gasteiger partial charge in [0, 0.05) is 97.6 Å². The number of aryl methyl sites for hydroxylation is 1. The zero-order valence-electron chi connectivity index (χ0n) is 35.2. The van der Waals surface area contributed by atoms with Crippen molar-refractivity contribution in [3.8, 4) is 39.8 Å². The van der Waals surface area contributed by atoms with E-state index in [1.807, 2.05) is 55.7 Å². The molecule has 0 amide bonds. The largest absolute Gasteiger partial charge is 0.493 e. The summed E-state index contributed by atoms with van der Waals surface area (Å²) in [6, 6.07) is 28.1. The Morgan fingerprint density at radius 1 is 0.787 bits per heavy atom. The van der Waals surface area contributed by atoms with Crippen LogP contribution in [0.2, 0.25) is 0 Å². The fourth-order valence-electron chi connectivity index (χ4n) is 8.73. The van der Waals surface area contributed by atoms with Crippen LogP contribution in [0.1, 0.15) is 62.3 Å². The SMILES string of the molecule is CCSN1CCC(Nc2cc(-c3ccc(OC)c(OCc4cc5cc(-c6ccc(C#N)c(C)c6)cc(NC6CCN([SH+](=O)C7CC7)CC6)c5cn4)c3)cc3ccncc23)CC1. The molecule has 10 nitrogen and oxygen atoms in total. The maximum absolute atomic E-state index is 12.9. The lowest BCUT2D eigenvalue weighted by molar-refractivity contribution is 0.281. The van der Waals surface area contributed by atoms with E-state index in [0.717, 1.165) is 137 Å². The Bertz CT molecular complexity index is 2610. The molecule has 1 saturated carbocycles. The molecule has 12 heteroatoms. The smallest absolute Gasteiger partial charge is 0.162 e. The van der Waals surface area contributed by atoms with Gasteiger partial charge in [-0.1, -0.05) is 41.3 Å². The summed E-state index contributed by atoms with van der Waals surface area (Å²) in [5, 5.41) is 22.1. The monoisotopic (exact) mass is 852 g/mol. The molecule has 3 fully saturated rings.